The minimum atomic E-state index is -0.370. The fraction of sp³-hybridized carbons (Fsp3) is 0.250. The summed E-state index contributed by atoms with van der Waals surface area (Å²) in [5.74, 6) is 0. The van der Waals surface area contributed by atoms with Crippen molar-refractivity contribution in [2.24, 2.45) is 0 Å². The molecule has 0 aromatic heterocycles. The van der Waals surface area contributed by atoms with E-state index in [0.717, 1.165) is 24.2 Å². The highest BCUT2D eigenvalue weighted by molar-refractivity contribution is 5.63. The van der Waals surface area contributed by atoms with Crippen molar-refractivity contribution in [2.75, 3.05) is 17.2 Å². The van der Waals surface area contributed by atoms with Crippen molar-refractivity contribution in [3.63, 3.8) is 0 Å². The molecule has 0 atom stereocenters. The van der Waals surface area contributed by atoms with Gasteiger partial charge < -0.3 is 10.6 Å². The van der Waals surface area contributed by atoms with E-state index in [-0.39, 0.29) is 10.6 Å². The normalized spacial score (nSPS) is 12.6. The topological polar surface area (TPSA) is 67.2 Å². The molecule has 2 aromatic carbocycles. The number of aryl methyl sites for hydroxylation is 1. The number of benzene rings is 2. The van der Waals surface area contributed by atoms with Gasteiger partial charge in [-0.1, -0.05) is 18.2 Å². The van der Waals surface area contributed by atoms with Gasteiger partial charge in [0.05, 0.1) is 4.92 Å². The van der Waals surface area contributed by atoms with Crippen LogP contribution >= 0.6 is 0 Å². The van der Waals surface area contributed by atoms with Gasteiger partial charge in [-0.05, 0) is 36.1 Å². The summed E-state index contributed by atoms with van der Waals surface area (Å²) in [4.78, 5) is 10.4. The van der Waals surface area contributed by atoms with Crippen molar-refractivity contribution < 1.29 is 4.92 Å². The molecule has 5 heteroatoms. The summed E-state index contributed by atoms with van der Waals surface area (Å²) in [6.45, 7) is 3.57. The Hall–Kier alpha value is -2.56. The van der Waals surface area contributed by atoms with E-state index < -0.39 is 0 Å². The highest BCUT2D eigenvalue weighted by atomic mass is 16.6. The third-order valence-electron chi connectivity index (χ3n) is 3.82. The van der Waals surface area contributed by atoms with Gasteiger partial charge in [0.25, 0.3) is 5.69 Å². The molecule has 1 aliphatic rings. The van der Waals surface area contributed by atoms with E-state index in [1.54, 1.807) is 12.1 Å². The van der Waals surface area contributed by atoms with E-state index in [1.807, 2.05) is 6.92 Å². The van der Waals surface area contributed by atoms with Crippen molar-refractivity contribution in [1.29, 1.82) is 0 Å². The third-order valence-corrected chi connectivity index (χ3v) is 3.82. The Balaban J connectivity index is 1.77. The van der Waals surface area contributed by atoms with E-state index >= 15 is 0 Å². The zero-order valence-corrected chi connectivity index (χ0v) is 11.8. The molecule has 0 radical (unpaired) electrons. The molecule has 0 bridgehead atoms. The summed E-state index contributed by atoms with van der Waals surface area (Å²) in [5, 5.41) is 17.5. The van der Waals surface area contributed by atoms with Gasteiger partial charge in [0.2, 0.25) is 0 Å². The van der Waals surface area contributed by atoms with Crippen molar-refractivity contribution in [1.82, 2.24) is 0 Å². The lowest BCUT2D eigenvalue weighted by atomic mass is 10.1. The molecule has 2 N–H and O–H groups in total. The van der Waals surface area contributed by atoms with Crippen LogP contribution in [0.2, 0.25) is 0 Å². The van der Waals surface area contributed by atoms with Gasteiger partial charge in [0.15, 0.2) is 0 Å². The maximum atomic E-state index is 10.7. The molecule has 0 spiro atoms. The molecular weight excluding hydrogens is 266 g/mol. The first kappa shape index (κ1) is 13.4. The number of fused-ring (bicyclic) bond motifs is 1. The van der Waals surface area contributed by atoms with E-state index in [1.165, 1.54) is 22.9 Å². The van der Waals surface area contributed by atoms with Crippen LogP contribution in [0.1, 0.15) is 16.7 Å². The highest BCUT2D eigenvalue weighted by Crippen LogP contribution is 2.28. The van der Waals surface area contributed by atoms with Gasteiger partial charge in [0, 0.05) is 36.6 Å². The van der Waals surface area contributed by atoms with Gasteiger partial charge in [-0.2, -0.15) is 0 Å². The van der Waals surface area contributed by atoms with Crippen LogP contribution in [0, 0.1) is 17.0 Å². The molecule has 0 aliphatic carbocycles. The molecule has 0 amide bonds. The summed E-state index contributed by atoms with van der Waals surface area (Å²) in [7, 11) is 0. The number of anilines is 2. The SMILES string of the molecule is Cc1cc([N+](=O)[O-])ccc1NCc1cccc2c1NCC2. The number of hydrogen-bond donors (Lipinski definition) is 2. The summed E-state index contributed by atoms with van der Waals surface area (Å²) < 4.78 is 0. The number of non-ortho nitro benzene ring substituents is 1. The van der Waals surface area contributed by atoms with E-state index in [4.69, 9.17) is 0 Å². The summed E-state index contributed by atoms with van der Waals surface area (Å²) in [6, 6.07) is 11.2. The lowest BCUT2D eigenvalue weighted by molar-refractivity contribution is -0.384. The quantitative estimate of drug-likeness (QED) is 0.666. The first-order valence-corrected chi connectivity index (χ1v) is 6.99. The fourth-order valence-corrected chi connectivity index (χ4v) is 2.71. The van der Waals surface area contributed by atoms with E-state index in [9.17, 15) is 10.1 Å². The van der Waals surface area contributed by atoms with Crippen molar-refractivity contribution >= 4 is 17.1 Å². The van der Waals surface area contributed by atoms with Gasteiger partial charge in [-0.25, -0.2) is 0 Å². The van der Waals surface area contributed by atoms with Gasteiger partial charge in [0.1, 0.15) is 0 Å². The number of para-hydroxylation sites is 1. The summed E-state index contributed by atoms with van der Waals surface area (Å²) in [6.07, 6.45) is 1.07. The molecule has 1 heterocycles. The van der Waals surface area contributed by atoms with Crippen LogP contribution in [0.4, 0.5) is 17.1 Å². The lowest BCUT2D eigenvalue weighted by Crippen LogP contribution is -2.04. The molecule has 3 rings (SSSR count). The van der Waals surface area contributed by atoms with Crippen LogP contribution in [0.25, 0.3) is 0 Å². The molecule has 0 saturated heterocycles. The van der Waals surface area contributed by atoms with E-state index in [2.05, 4.69) is 28.8 Å². The molecule has 0 saturated carbocycles. The molecule has 5 nitrogen and oxygen atoms in total. The number of hydrogen-bond acceptors (Lipinski definition) is 4. The molecule has 0 unspecified atom stereocenters. The zero-order valence-electron chi connectivity index (χ0n) is 11.8. The second-order valence-electron chi connectivity index (χ2n) is 5.24. The Labute approximate surface area is 123 Å². The van der Waals surface area contributed by atoms with Gasteiger partial charge in [-0.3, -0.25) is 10.1 Å². The molecule has 1 aliphatic heterocycles. The average Bonchev–Trinajstić information content (AvgIpc) is 2.94. The van der Waals surface area contributed by atoms with Crippen molar-refractivity contribution in [3.05, 3.63) is 63.2 Å². The first-order chi connectivity index (χ1) is 10.1. The van der Waals surface area contributed by atoms with Crippen LogP contribution in [0.3, 0.4) is 0 Å². The van der Waals surface area contributed by atoms with Crippen LogP contribution < -0.4 is 10.6 Å². The second kappa shape index (κ2) is 5.44. The minimum Gasteiger partial charge on any atom is -0.384 e. The Bertz CT molecular complexity index is 698. The molecular formula is C16H17N3O2. The van der Waals surface area contributed by atoms with Crippen LogP contribution in [-0.4, -0.2) is 11.5 Å². The number of nitrogens with one attached hydrogen (secondary N) is 2. The maximum absolute atomic E-state index is 10.7. The largest absolute Gasteiger partial charge is 0.384 e. The highest BCUT2D eigenvalue weighted by Gasteiger charge is 2.14. The number of nitro benzene ring substituents is 1. The van der Waals surface area contributed by atoms with Crippen molar-refractivity contribution in [2.45, 2.75) is 19.9 Å². The molecule has 21 heavy (non-hydrogen) atoms. The first-order valence-electron chi connectivity index (χ1n) is 6.99. The van der Waals surface area contributed by atoms with Crippen LogP contribution in [-0.2, 0) is 13.0 Å². The fourth-order valence-electron chi connectivity index (χ4n) is 2.71. The molecule has 0 fully saturated rings. The Morgan fingerprint density at radius 2 is 2.19 bits per heavy atom. The number of rotatable bonds is 4. The number of nitrogens with zero attached hydrogens (tertiary/aromatic N) is 1. The predicted molar refractivity (Wildman–Crippen MR) is 83.8 cm³/mol. The minimum absolute atomic E-state index is 0.125. The van der Waals surface area contributed by atoms with Crippen molar-refractivity contribution in [3.8, 4) is 0 Å². The predicted octanol–water partition coefficient (Wildman–Crippen LogP) is 3.48. The van der Waals surface area contributed by atoms with Gasteiger partial charge >= 0.3 is 0 Å². The second-order valence-corrected chi connectivity index (χ2v) is 5.24. The van der Waals surface area contributed by atoms with Gasteiger partial charge in [-0.15, -0.1) is 0 Å². The van der Waals surface area contributed by atoms with Crippen LogP contribution in [0.15, 0.2) is 36.4 Å². The zero-order chi connectivity index (χ0) is 14.8. The molecule has 108 valence electrons. The Kier molecular flexibility index (Phi) is 3.48. The summed E-state index contributed by atoms with van der Waals surface area (Å²) >= 11 is 0. The maximum Gasteiger partial charge on any atom is 0.269 e. The van der Waals surface area contributed by atoms with E-state index in [0.29, 0.717) is 6.54 Å². The average molecular weight is 283 g/mol. The van der Waals surface area contributed by atoms with Crippen LogP contribution in [0.5, 0.6) is 0 Å². The Morgan fingerprint density at radius 1 is 1.33 bits per heavy atom. The summed E-state index contributed by atoms with van der Waals surface area (Å²) in [5.41, 5.74) is 5.74. The monoisotopic (exact) mass is 283 g/mol. The Morgan fingerprint density at radius 3 is 2.95 bits per heavy atom. The molecule has 2 aromatic rings. The third kappa shape index (κ3) is 2.67. The standard InChI is InChI=1S/C16H17N3O2/c1-11-9-14(19(20)21)5-6-15(11)18-10-13-4-2-3-12-7-8-17-16(12)13/h2-6,9,17-18H,7-8,10H2,1H3. The smallest absolute Gasteiger partial charge is 0.269 e. The number of nitro groups is 1. The lowest BCUT2D eigenvalue weighted by Gasteiger charge is -2.12.